The number of benzene rings is 2. The molecule has 4 rings (SSSR count). The molecule has 3 N–H and O–H groups in total. The number of hydrogen-bond acceptors (Lipinski definition) is 7. The van der Waals surface area contributed by atoms with Crippen molar-refractivity contribution in [1.29, 1.82) is 0 Å². The number of nitrogens with one attached hydrogen (secondary N) is 2. The Morgan fingerprint density at radius 3 is 2.53 bits per heavy atom. The number of rotatable bonds is 5. The number of pyridine rings is 1. The third-order valence-corrected chi connectivity index (χ3v) is 6.53. The average molecular weight is 475 g/mol. The van der Waals surface area contributed by atoms with E-state index in [0.29, 0.717) is 0 Å². The Balaban J connectivity index is 1.76. The first-order valence-corrected chi connectivity index (χ1v) is 12.6. The molecule has 1 aliphatic rings. The molecule has 1 aromatic heterocycles. The summed E-state index contributed by atoms with van der Waals surface area (Å²) < 4.78 is 55.6. The summed E-state index contributed by atoms with van der Waals surface area (Å²) in [5, 5.41) is 13.1. The minimum atomic E-state index is -4.29. The summed E-state index contributed by atoms with van der Waals surface area (Å²) in [4.78, 5) is 12.8. The van der Waals surface area contributed by atoms with Gasteiger partial charge >= 0.3 is 0 Å². The van der Waals surface area contributed by atoms with Crippen LogP contribution in [0.2, 0.25) is 0 Å². The molecule has 3 aromatic rings. The lowest BCUT2D eigenvalue weighted by molar-refractivity contribution is 0.470. The van der Waals surface area contributed by atoms with Crippen molar-refractivity contribution in [2.45, 2.75) is 11.4 Å². The van der Waals surface area contributed by atoms with Gasteiger partial charge in [0.05, 0.1) is 18.5 Å². The monoisotopic (exact) mass is 474 g/mol. The highest BCUT2D eigenvalue weighted by Gasteiger charge is 2.29. The predicted molar refractivity (Wildman–Crippen MR) is 120 cm³/mol. The van der Waals surface area contributed by atoms with E-state index in [1.807, 2.05) is 30.3 Å². The second-order valence-electron chi connectivity index (χ2n) is 7.12. The van der Waals surface area contributed by atoms with Crippen molar-refractivity contribution in [3.63, 3.8) is 0 Å². The lowest BCUT2D eigenvalue weighted by Crippen LogP contribution is -2.32. The molecular formula is C20H18N4O6S2. The van der Waals surface area contributed by atoms with Gasteiger partial charge in [-0.25, -0.2) is 8.42 Å². The maximum atomic E-state index is 13.0. The minimum Gasteiger partial charge on any atom is -0.507 e. The fourth-order valence-electron chi connectivity index (χ4n) is 3.24. The van der Waals surface area contributed by atoms with Gasteiger partial charge in [0.25, 0.3) is 15.6 Å². The minimum absolute atomic E-state index is 0.0445. The van der Waals surface area contributed by atoms with Crippen LogP contribution in [0.1, 0.15) is 11.1 Å². The molecule has 0 saturated heterocycles. The van der Waals surface area contributed by atoms with Gasteiger partial charge in [-0.3, -0.25) is 9.52 Å². The first-order chi connectivity index (χ1) is 15.0. The van der Waals surface area contributed by atoms with E-state index in [2.05, 4.69) is 14.4 Å². The second-order valence-corrected chi connectivity index (χ2v) is 10.4. The van der Waals surface area contributed by atoms with Crippen LogP contribution in [-0.2, 0) is 26.6 Å². The number of fused-ring (bicyclic) bond motifs is 1. The number of amidine groups is 1. The van der Waals surface area contributed by atoms with Gasteiger partial charge in [0.15, 0.2) is 5.84 Å². The van der Waals surface area contributed by atoms with Crippen molar-refractivity contribution < 1.29 is 21.9 Å². The summed E-state index contributed by atoms with van der Waals surface area (Å²) in [7, 11) is -7.91. The summed E-state index contributed by atoms with van der Waals surface area (Å²) in [5.41, 5.74) is 0.0492. The SMILES string of the molecule is CS(=O)(=O)Nc1ccc2c(c1)S(=O)(=O)N=C(c1c(O)ccn(Cc3ccccc3)c1=O)N2. The average Bonchev–Trinajstić information content (AvgIpc) is 2.70. The van der Waals surface area contributed by atoms with Crippen LogP contribution in [0.15, 0.2) is 74.9 Å². The maximum absolute atomic E-state index is 13.0. The molecule has 2 aromatic carbocycles. The van der Waals surface area contributed by atoms with Crippen molar-refractivity contribution in [2.75, 3.05) is 16.3 Å². The van der Waals surface area contributed by atoms with Crippen LogP contribution >= 0.6 is 0 Å². The Morgan fingerprint density at radius 1 is 1.12 bits per heavy atom. The first-order valence-electron chi connectivity index (χ1n) is 9.24. The Morgan fingerprint density at radius 2 is 1.84 bits per heavy atom. The molecule has 0 unspecified atom stereocenters. The number of aromatic nitrogens is 1. The molecule has 10 nitrogen and oxygen atoms in total. The molecule has 0 bridgehead atoms. The van der Waals surface area contributed by atoms with E-state index in [1.54, 1.807) is 0 Å². The highest BCUT2D eigenvalue weighted by molar-refractivity contribution is 7.92. The highest BCUT2D eigenvalue weighted by atomic mass is 32.2. The van der Waals surface area contributed by atoms with Gasteiger partial charge in [-0.2, -0.15) is 8.42 Å². The molecule has 32 heavy (non-hydrogen) atoms. The normalized spacial score (nSPS) is 14.7. The molecule has 0 radical (unpaired) electrons. The van der Waals surface area contributed by atoms with Crippen LogP contribution < -0.4 is 15.6 Å². The van der Waals surface area contributed by atoms with Crippen molar-refractivity contribution in [1.82, 2.24) is 4.57 Å². The lowest BCUT2D eigenvalue weighted by Gasteiger charge is -2.20. The Bertz CT molecular complexity index is 1510. The summed E-state index contributed by atoms with van der Waals surface area (Å²) >= 11 is 0. The van der Waals surface area contributed by atoms with E-state index in [9.17, 15) is 26.7 Å². The van der Waals surface area contributed by atoms with Crippen molar-refractivity contribution in [2.24, 2.45) is 4.40 Å². The zero-order chi connectivity index (χ0) is 23.1. The fourth-order valence-corrected chi connectivity index (χ4v) is 4.94. The van der Waals surface area contributed by atoms with Crippen LogP contribution in [0, 0.1) is 0 Å². The van der Waals surface area contributed by atoms with Crippen LogP contribution in [0.5, 0.6) is 5.75 Å². The summed E-state index contributed by atoms with van der Waals surface area (Å²) in [6.45, 7) is 0.212. The predicted octanol–water partition coefficient (Wildman–Crippen LogP) is 1.53. The van der Waals surface area contributed by atoms with Crippen molar-refractivity contribution in [3.05, 3.63) is 82.3 Å². The molecule has 0 spiro atoms. The van der Waals surface area contributed by atoms with E-state index in [4.69, 9.17) is 0 Å². The van der Waals surface area contributed by atoms with Crippen LogP contribution in [0.25, 0.3) is 0 Å². The summed E-state index contributed by atoms with van der Waals surface area (Å²) in [6, 6.07) is 14.3. The Hall–Kier alpha value is -3.64. The molecule has 0 fully saturated rings. The quantitative estimate of drug-likeness (QED) is 0.508. The van der Waals surface area contributed by atoms with Gasteiger partial charge < -0.3 is 15.0 Å². The van der Waals surface area contributed by atoms with E-state index in [-0.39, 0.29) is 34.2 Å². The molecule has 0 atom stereocenters. The summed E-state index contributed by atoms with van der Waals surface area (Å²) in [5.74, 6) is -0.759. The topological polar surface area (TPSA) is 147 Å². The maximum Gasteiger partial charge on any atom is 0.286 e. The largest absolute Gasteiger partial charge is 0.507 e. The third kappa shape index (κ3) is 4.36. The standard InChI is InChI=1S/C20H18N4O6S2/c1-31(27,28)22-14-7-8-15-17(11-14)32(29,30)23-19(21-15)18-16(25)9-10-24(20(18)26)12-13-5-3-2-4-6-13/h2-11,22,25H,12H2,1H3,(H,21,23). The van der Waals surface area contributed by atoms with Crippen molar-refractivity contribution >= 4 is 37.3 Å². The molecule has 0 amide bonds. The lowest BCUT2D eigenvalue weighted by atomic mass is 10.2. The number of aromatic hydroxyl groups is 1. The summed E-state index contributed by atoms with van der Waals surface area (Å²) in [6.07, 6.45) is 2.34. The molecule has 0 saturated carbocycles. The molecule has 2 heterocycles. The third-order valence-electron chi connectivity index (χ3n) is 4.60. The Kier molecular flexibility index (Phi) is 5.26. The molecule has 166 valence electrons. The van der Waals surface area contributed by atoms with Gasteiger partial charge in [0, 0.05) is 11.9 Å². The number of sulfonamides is 2. The van der Waals surface area contributed by atoms with Crippen LogP contribution in [0.3, 0.4) is 0 Å². The fraction of sp³-hybridized carbons (Fsp3) is 0.100. The van der Waals surface area contributed by atoms with E-state index in [1.165, 1.54) is 29.0 Å². The molecule has 0 aliphatic carbocycles. The van der Waals surface area contributed by atoms with Crippen LogP contribution in [-0.4, -0.2) is 38.6 Å². The van der Waals surface area contributed by atoms with Gasteiger partial charge in [0.1, 0.15) is 16.2 Å². The molecule has 1 aliphatic heterocycles. The number of anilines is 2. The number of hydrogen-bond donors (Lipinski definition) is 3. The van der Waals surface area contributed by atoms with E-state index in [0.717, 1.165) is 17.9 Å². The smallest absolute Gasteiger partial charge is 0.286 e. The van der Waals surface area contributed by atoms with E-state index >= 15 is 0 Å². The van der Waals surface area contributed by atoms with Gasteiger partial charge in [-0.15, -0.1) is 4.40 Å². The Labute approximate surface area is 184 Å². The first kappa shape index (κ1) is 21.6. The number of nitrogens with zero attached hydrogens (tertiary/aromatic N) is 2. The second kappa shape index (κ2) is 7.80. The van der Waals surface area contributed by atoms with Gasteiger partial charge in [-0.1, -0.05) is 30.3 Å². The van der Waals surface area contributed by atoms with Gasteiger partial charge in [0.2, 0.25) is 10.0 Å². The zero-order valence-electron chi connectivity index (χ0n) is 16.7. The molecule has 12 heteroatoms. The zero-order valence-corrected chi connectivity index (χ0v) is 18.3. The van der Waals surface area contributed by atoms with Crippen molar-refractivity contribution in [3.8, 4) is 5.75 Å². The van der Waals surface area contributed by atoms with E-state index < -0.39 is 31.4 Å². The van der Waals surface area contributed by atoms with Crippen LogP contribution in [0.4, 0.5) is 11.4 Å². The molecular weight excluding hydrogens is 456 g/mol. The van der Waals surface area contributed by atoms with Gasteiger partial charge in [-0.05, 0) is 29.8 Å². The highest BCUT2D eigenvalue weighted by Crippen LogP contribution is 2.32.